The number of anilines is 1. The highest BCUT2D eigenvalue weighted by molar-refractivity contribution is 6.30. The van der Waals surface area contributed by atoms with Gasteiger partial charge in [-0.25, -0.2) is 0 Å². The molecule has 1 atom stereocenters. The number of carbonyl (C=O) groups is 1. The number of hydrogen-bond acceptors (Lipinski definition) is 4. The summed E-state index contributed by atoms with van der Waals surface area (Å²) in [7, 11) is 0. The predicted molar refractivity (Wildman–Crippen MR) is 70.7 cm³/mol. The summed E-state index contributed by atoms with van der Waals surface area (Å²) >= 11 is 5.94. The zero-order chi connectivity index (χ0) is 13.3. The molecule has 1 fully saturated rings. The molecule has 1 saturated heterocycles. The van der Waals surface area contributed by atoms with Crippen molar-refractivity contribution in [3.8, 4) is 0 Å². The lowest BCUT2D eigenvalue weighted by Gasteiger charge is -2.35. The lowest BCUT2D eigenvalue weighted by Crippen LogP contribution is -2.48. The highest BCUT2D eigenvalue weighted by Crippen LogP contribution is 2.28. The molecule has 2 heterocycles. The summed E-state index contributed by atoms with van der Waals surface area (Å²) in [6, 6.07) is -0.285. The number of aromatic nitrogens is 2. The number of primary amides is 1. The number of hydrogen-bond donors (Lipinski definition) is 1. The number of nitrogens with two attached hydrogens (primary N) is 1. The van der Waals surface area contributed by atoms with Crippen LogP contribution >= 0.6 is 11.6 Å². The average molecular weight is 269 g/mol. The van der Waals surface area contributed by atoms with E-state index in [0.29, 0.717) is 5.15 Å². The van der Waals surface area contributed by atoms with E-state index < -0.39 is 0 Å². The van der Waals surface area contributed by atoms with Gasteiger partial charge in [-0.05, 0) is 44.2 Å². The fourth-order valence-corrected chi connectivity index (χ4v) is 2.50. The molecule has 18 heavy (non-hydrogen) atoms. The van der Waals surface area contributed by atoms with E-state index in [0.717, 1.165) is 42.8 Å². The van der Waals surface area contributed by atoms with E-state index in [1.165, 1.54) is 0 Å². The molecule has 0 bridgehead atoms. The predicted octanol–water partition coefficient (Wildman–Crippen LogP) is 1.59. The average Bonchev–Trinajstić information content (AvgIpc) is 2.36. The third kappa shape index (κ3) is 2.27. The second-order valence-electron chi connectivity index (χ2n) is 4.67. The van der Waals surface area contributed by atoms with Gasteiger partial charge in [0.25, 0.3) is 0 Å². The van der Waals surface area contributed by atoms with Crippen LogP contribution in [-0.4, -0.2) is 28.7 Å². The lowest BCUT2D eigenvalue weighted by atomic mass is 10.0. The van der Waals surface area contributed by atoms with E-state index in [-0.39, 0.29) is 11.9 Å². The largest absolute Gasteiger partial charge is 0.368 e. The minimum absolute atomic E-state index is 0.285. The quantitative estimate of drug-likeness (QED) is 0.884. The van der Waals surface area contributed by atoms with Gasteiger partial charge in [0, 0.05) is 6.54 Å². The summed E-state index contributed by atoms with van der Waals surface area (Å²) in [4.78, 5) is 13.5. The fourth-order valence-electron chi connectivity index (χ4n) is 2.32. The van der Waals surface area contributed by atoms with Crippen molar-refractivity contribution >= 4 is 23.3 Å². The van der Waals surface area contributed by atoms with Crippen molar-refractivity contribution in [3.05, 3.63) is 16.3 Å². The molecule has 0 radical (unpaired) electrons. The summed E-state index contributed by atoms with van der Waals surface area (Å²) in [5, 5.41) is 8.47. The molecule has 2 rings (SSSR count). The normalized spacial score (nSPS) is 19.9. The van der Waals surface area contributed by atoms with Crippen LogP contribution in [0.1, 0.15) is 30.4 Å². The SMILES string of the molecule is Cc1c(Cl)nnc(N2CCCCC2C(N)=O)c1C. The Balaban J connectivity index is 2.40. The van der Waals surface area contributed by atoms with Crippen LogP contribution in [0.2, 0.25) is 5.15 Å². The Morgan fingerprint density at radius 1 is 1.33 bits per heavy atom. The minimum atomic E-state index is -0.302. The van der Waals surface area contributed by atoms with Crippen LogP contribution in [0.25, 0.3) is 0 Å². The Labute approximate surface area is 111 Å². The molecule has 1 unspecified atom stereocenters. The molecule has 2 N–H and O–H groups in total. The van der Waals surface area contributed by atoms with E-state index in [9.17, 15) is 4.79 Å². The number of piperidine rings is 1. The van der Waals surface area contributed by atoms with Crippen LogP contribution in [0.3, 0.4) is 0 Å². The van der Waals surface area contributed by atoms with Crippen LogP contribution in [-0.2, 0) is 4.79 Å². The standard InChI is InChI=1S/C12H17ClN4O/c1-7-8(2)12(16-15-10(7)13)17-6-4-3-5-9(17)11(14)18/h9H,3-6H2,1-2H3,(H2,14,18). The Kier molecular flexibility index (Phi) is 3.71. The summed E-state index contributed by atoms with van der Waals surface area (Å²) < 4.78 is 0. The van der Waals surface area contributed by atoms with Crippen molar-refractivity contribution in [2.24, 2.45) is 5.73 Å². The minimum Gasteiger partial charge on any atom is -0.368 e. The molecule has 6 heteroatoms. The van der Waals surface area contributed by atoms with E-state index >= 15 is 0 Å². The van der Waals surface area contributed by atoms with E-state index in [1.807, 2.05) is 18.7 Å². The van der Waals surface area contributed by atoms with Gasteiger partial charge in [0.15, 0.2) is 11.0 Å². The van der Waals surface area contributed by atoms with Crippen molar-refractivity contribution in [2.75, 3.05) is 11.4 Å². The first-order chi connectivity index (χ1) is 8.52. The Hall–Kier alpha value is -1.36. The molecule has 1 amide bonds. The van der Waals surface area contributed by atoms with Crippen LogP contribution < -0.4 is 10.6 Å². The second-order valence-corrected chi connectivity index (χ2v) is 5.03. The number of amides is 1. The van der Waals surface area contributed by atoms with Crippen molar-refractivity contribution in [2.45, 2.75) is 39.2 Å². The zero-order valence-electron chi connectivity index (χ0n) is 10.6. The molecular formula is C12H17ClN4O. The molecule has 1 aromatic heterocycles. The summed E-state index contributed by atoms with van der Waals surface area (Å²) in [6.07, 6.45) is 2.83. The van der Waals surface area contributed by atoms with Gasteiger partial charge in [0.2, 0.25) is 5.91 Å². The van der Waals surface area contributed by atoms with Crippen LogP contribution in [0.5, 0.6) is 0 Å². The molecule has 0 aromatic carbocycles. The van der Waals surface area contributed by atoms with Crippen molar-refractivity contribution in [1.29, 1.82) is 0 Å². The van der Waals surface area contributed by atoms with Gasteiger partial charge in [0.1, 0.15) is 6.04 Å². The lowest BCUT2D eigenvalue weighted by molar-refractivity contribution is -0.119. The van der Waals surface area contributed by atoms with Crippen molar-refractivity contribution in [1.82, 2.24) is 10.2 Å². The van der Waals surface area contributed by atoms with Gasteiger partial charge in [-0.15, -0.1) is 10.2 Å². The van der Waals surface area contributed by atoms with Gasteiger partial charge >= 0.3 is 0 Å². The molecule has 5 nitrogen and oxygen atoms in total. The maximum Gasteiger partial charge on any atom is 0.240 e. The molecule has 98 valence electrons. The summed E-state index contributed by atoms with van der Waals surface area (Å²) in [6.45, 7) is 4.63. The topological polar surface area (TPSA) is 72.1 Å². The number of rotatable bonds is 2. The van der Waals surface area contributed by atoms with Crippen molar-refractivity contribution < 1.29 is 4.79 Å². The van der Waals surface area contributed by atoms with E-state index in [1.54, 1.807) is 0 Å². The van der Waals surface area contributed by atoms with Crippen LogP contribution in [0.15, 0.2) is 0 Å². The maximum absolute atomic E-state index is 11.5. The van der Waals surface area contributed by atoms with Gasteiger partial charge in [-0.2, -0.15) is 0 Å². The number of halogens is 1. The Bertz CT molecular complexity index is 477. The van der Waals surface area contributed by atoms with Gasteiger partial charge < -0.3 is 10.6 Å². The number of carbonyl (C=O) groups excluding carboxylic acids is 1. The first-order valence-electron chi connectivity index (χ1n) is 6.07. The Morgan fingerprint density at radius 3 is 2.72 bits per heavy atom. The van der Waals surface area contributed by atoms with Crippen LogP contribution in [0, 0.1) is 13.8 Å². The molecule has 1 aliphatic heterocycles. The smallest absolute Gasteiger partial charge is 0.240 e. The molecule has 1 aromatic rings. The molecule has 1 aliphatic rings. The van der Waals surface area contributed by atoms with Gasteiger partial charge in [-0.3, -0.25) is 4.79 Å². The summed E-state index contributed by atoms with van der Waals surface area (Å²) in [5.41, 5.74) is 7.32. The third-order valence-corrected chi connectivity index (χ3v) is 3.90. The van der Waals surface area contributed by atoms with Crippen LogP contribution in [0.4, 0.5) is 5.82 Å². The zero-order valence-corrected chi connectivity index (χ0v) is 11.4. The van der Waals surface area contributed by atoms with Gasteiger partial charge in [0.05, 0.1) is 0 Å². The molecule has 0 spiro atoms. The molecule has 0 saturated carbocycles. The number of nitrogens with zero attached hydrogens (tertiary/aromatic N) is 3. The highest BCUT2D eigenvalue weighted by Gasteiger charge is 2.29. The first-order valence-corrected chi connectivity index (χ1v) is 6.45. The highest BCUT2D eigenvalue weighted by atomic mass is 35.5. The van der Waals surface area contributed by atoms with Crippen molar-refractivity contribution in [3.63, 3.8) is 0 Å². The maximum atomic E-state index is 11.5. The fraction of sp³-hybridized carbons (Fsp3) is 0.583. The first kappa shape index (κ1) is 13.1. The third-order valence-electron chi connectivity index (χ3n) is 3.54. The monoisotopic (exact) mass is 268 g/mol. The second kappa shape index (κ2) is 5.10. The van der Waals surface area contributed by atoms with E-state index in [2.05, 4.69) is 10.2 Å². The summed E-state index contributed by atoms with van der Waals surface area (Å²) in [5.74, 6) is 0.420. The van der Waals surface area contributed by atoms with Gasteiger partial charge in [-0.1, -0.05) is 11.6 Å². The molecular weight excluding hydrogens is 252 g/mol. The van der Waals surface area contributed by atoms with E-state index in [4.69, 9.17) is 17.3 Å². The Morgan fingerprint density at radius 2 is 2.06 bits per heavy atom. The molecule has 0 aliphatic carbocycles.